The Hall–Kier alpha value is -1.35. The number of halogens is 3. The lowest BCUT2D eigenvalue weighted by Crippen LogP contribution is -2.19. The van der Waals surface area contributed by atoms with Gasteiger partial charge in [0.05, 0.1) is 11.8 Å². The van der Waals surface area contributed by atoms with Gasteiger partial charge < -0.3 is 9.59 Å². The van der Waals surface area contributed by atoms with Gasteiger partial charge in [-0.25, -0.2) is 0 Å². The minimum Gasteiger partial charge on any atom is -0.302 e. The topological polar surface area (TPSA) is 34.1 Å². The summed E-state index contributed by atoms with van der Waals surface area (Å²) in [6.07, 6.45) is 1.83. The molecule has 0 radical (unpaired) electrons. The average Bonchev–Trinajstić information content (AvgIpc) is 2.44. The van der Waals surface area contributed by atoms with E-state index in [1.807, 2.05) is 30.3 Å². The Morgan fingerprint density at radius 1 is 0.762 bits per heavy atom. The molecule has 1 aliphatic rings. The van der Waals surface area contributed by atoms with Crippen molar-refractivity contribution in [2.24, 2.45) is 0 Å². The summed E-state index contributed by atoms with van der Waals surface area (Å²) in [6.45, 7) is 0. The van der Waals surface area contributed by atoms with Crippen molar-refractivity contribution in [2.45, 2.75) is 11.8 Å². The lowest BCUT2D eigenvalue weighted by Gasteiger charge is -2.29. The van der Waals surface area contributed by atoms with Gasteiger partial charge in [0.25, 0.3) is 0 Å². The van der Waals surface area contributed by atoms with Crippen LogP contribution in [-0.2, 0) is 9.59 Å². The van der Waals surface area contributed by atoms with Crippen molar-refractivity contribution in [3.8, 4) is 0 Å². The molecule has 2 aromatic carbocycles. The van der Waals surface area contributed by atoms with Gasteiger partial charge in [-0.15, -0.1) is 24.8 Å². The van der Waals surface area contributed by atoms with Crippen LogP contribution in [0.25, 0.3) is 0 Å². The van der Waals surface area contributed by atoms with Crippen LogP contribution >= 0.6 is 36.4 Å². The molecule has 0 fully saturated rings. The summed E-state index contributed by atoms with van der Waals surface area (Å²) in [5.41, 5.74) is 3.50. The van der Waals surface area contributed by atoms with E-state index in [1.165, 1.54) is 0 Å². The number of benzene rings is 2. The molecule has 0 spiro atoms. The molecule has 0 aromatic heterocycles. The first-order valence-corrected chi connectivity index (χ1v) is 6.43. The van der Waals surface area contributed by atoms with E-state index in [9.17, 15) is 9.59 Å². The smallest absolute Gasteiger partial charge is 0.131 e. The molecule has 5 heteroatoms. The van der Waals surface area contributed by atoms with Crippen molar-refractivity contribution < 1.29 is 9.59 Å². The Labute approximate surface area is 140 Å². The summed E-state index contributed by atoms with van der Waals surface area (Å²) in [5.74, 6) is -0.666. The van der Waals surface area contributed by atoms with Gasteiger partial charge >= 0.3 is 0 Å². The second-order valence-electron chi connectivity index (χ2n) is 4.63. The zero-order valence-electron chi connectivity index (χ0n) is 10.9. The Morgan fingerprint density at radius 2 is 1.24 bits per heavy atom. The third-order valence-corrected chi connectivity index (χ3v) is 3.89. The first kappa shape index (κ1) is 17.7. The maximum absolute atomic E-state index is 11.5. The molecule has 2 aromatic rings. The largest absolute Gasteiger partial charge is 0.302 e. The van der Waals surface area contributed by atoms with Crippen LogP contribution in [0.15, 0.2) is 42.5 Å². The predicted octanol–water partition coefficient (Wildman–Crippen LogP) is 4.16. The Bertz CT molecular complexity index is 670. The number of hydrogen-bond donors (Lipinski definition) is 0. The monoisotopic (exact) mass is 342 g/mol. The molecule has 2 nitrogen and oxygen atoms in total. The van der Waals surface area contributed by atoms with Gasteiger partial charge in [-0.05, 0) is 34.4 Å². The second-order valence-corrected chi connectivity index (χ2v) is 5.07. The van der Waals surface area contributed by atoms with E-state index >= 15 is 0 Å². The van der Waals surface area contributed by atoms with Crippen LogP contribution in [-0.4, -0.2) is 12.6 Å². The van der Waals surface area contributed by atoms with Crippen LogP contribution in [0.4, 0.5) is 0 Å². The first-order valence-electron chi connectivity index (χ1n) is 6.05. The van der Waals surface area contributed by atoms with E-state index in [0.717, 1.165) is 34.8 Å². The van der Waals surface area contributed by atoms with E-state index in [2.05, 4.69) is 0 Å². The van der Waals surface area contributed by atoms with Crippen LogP contribution in [0.1, 0.15) is 34.1 Å². The standard InChI is InChI=1S/C16H11ClO2.2ClH/c17-10-5-6-13-14(7-10)16(9-19)12-4-2-1-3-11(12)15(13)8-18;;/h1-9,15-16H;2*1H. The van der Waals surface area contributed by atoms with Gasteiger partial charge in [0, 0.05) is 5.02 Å². The molecule has 2 atom stereocenters. The zero-order valence-corrected chi connectivity index (χ0v) is 13.3. The fraction of sp³-hybridized carbons (Fsp3) is 0.125. The minimum atomic E-state index is -0.346. The number of carbonyl (C=O) groups is 2. The Morgan fingerprint density at radius 3 is 1.76 bits per heavy atom. The molecule has 110 valence electrons. The van der Waals surface area contributed by atoms with Crippen LogP contribution in [0.3, 0.4) is 0 Å². The maximum atomic E-state index is 11.5. The van der Waals surface area contributed by atoms with Crippen molar-refractivity contribution in [2.75, 3.05) is 0 Å². The lowest BCUT2D eigenvalue weighted by atomic mass is 9.73. The van der Waals surface area contributed by atoms with Crippen LogP contribution in [0, 0.1) is 0 Å². The molecule has 21 heavy (non-hydrogen) atoms. The SMILES string of the molecule is Cl.Cl.O=CC1c2ccccc2C(C=O)c2cc(Cl)ccc21. The number of rotatable bonds is 2. The molecule has 0 saturated heterocycles. The van der Waals surface area contributed by atoms with Gasteiger partial charge in [-0.3, -0.25) is 0 Å². The maximum Gasteiger partial charge on any atom is 0.131 e. The van der Waals surface area contributed by atoms with Gasteiger partial charge in [-0.1, -0.05) is 41.9 Å². The zero-order chi connectivity index (χ0) is 13.4. The number of hydrogen-bond acceptors (Lipinski definition) is 2. The van der Waals surface area contributed by atoms with Crippen molar-refractivity contribution in [1.82, 2.24) is 0 Å². The van der Waals surface area contributed by atoms with Crippen LogP contribution < -0.4 is 0 Å². The fourth-order valence-electron chi connectivity index (χ4n) is 2.80. The summed E-state index contributed by atoms with van der Waals surface area (Å²) in [4.78, 5) is 22.9. The van der Waals surface area contributed by atoms with Gasteiger partial charge in [-0.2, -0.15) is 0 Å². The molecular formula is C16H13Cl3O2. The molecule has 0 amide bonds. The molecule has 0 saturated carbocycles. The number of carbonyl (C=O) groups excluding carboxylic acids is 2. The second kappa shape index (κ2) is 7.08. The van der Waals surface area contributed by atoms with Crippen molar-refractivity contribution >= 4 is 49.0 Å². The summed E-state index contributed by atoms with van der Waals surface area (Å²) >= 11 is 6.01. The van der Waals surface area contributed by atoms with Crippen molar-refractivity contribution in [3.05, 3.63) is 69.7 Å². The first-order chi connectivity index (χ1) is 9.26. The molecule has 1 aliphatic carbocycles. The van der Waals surface area contributed by atoms with E-state index in [0.29, 0.717) is 5.02 Å². The summed E-state index contributed by atoms with van der Waals surface area (Å²) in [5, 5.41) is 0.578. The highest BCUT2D eigenvalue weighted by Crippen LogP contribution is 2.42. The normalized spacial score (nSPS) is 18.3. The van der Waals surface area contributed by atoms with E-state index < -0.39 is 0 Å². The third-order valence-electron chi connectivity index (χ3n) is 3.66. The lowest BCUT2D eigenvalue weighted by molar-refractivity contribution is -0.109. The van der Waals surface area contributed by atoms with E-state index in [1.54, 1.807) is 12.1 Å². The average molecular weight is 344 g/mol. The number of fused-ring (bicyclic) bond motifs is 2. The highest BCUT2D eigenvalue weighted by Gasteiger charge is 2.31. The van der Waals surface area contributed by atoms with Crippen LogP contribution in [0.5, 0.6) is 0 Å². The fourth-order valence-corrected chi connectivity index (χ4v) is 2.98. The molecule has 0 aliphatic heterocycles. The molecule has 2 unspecified atom stereocenters. The molecule has 0 heterocycles. The minimum absolute atomic E-state index is 0. The third kappa shape index (κ3) is 2.84. The van der Waals surface area contributed by atoms with E-state index in [-0.39, 0.29) is 36.6 Å². The quantitative estimate of drug-likeness (QED) is 0.767. The summed E-state index contributed by atoms with van der Waals surface area (Å²) in [7, 11) is 0. The highest BCUT2D eigenvalue weighted by atomic mass is 35.5. The van der Waals surface area contributed by atoms with Gasteiger partial charge in [0.15, 0.2) is 0 Å². The van der Waals surface area contributed by atoms with Gasteiger partial charge in [0.1, 0.15) is 12.6 Å². The molecule has 3 rings (SSSR count). The highest BCUT2D eigenvalue weighted by molar-refractivity contribution is 6.30. The molecular weight excluding hydrogens is 331 g/mol. The summed E-state index contributed by atoms with van der Waals surface area (Å²) in [6, 6.07) is 12.9. The van der Waals surface area contributed by atoms with Crippen LogP contribution in [0.2, 0.25) is 5.02 Å². The predicted molar refractivity (Wildman–Crippen MR) is 88.2 cm³/mol. The Balaban J connectivity index is 0.00000110. The molecule has 0 N–H and O–H groups in total. The van der Waals surface area contributed by atoms with Crippen molar-refractivity contribution in [3.63, 3.8) is 0 Å². The molecule has 0 bridgehead atoms. The van der Waals surface area contributed by atoms with E-state index in [4.69, 9.17) is 11.6 Å². The number of aldehydes is 2. The van der Waals surface area contributed by atoms with Gasteiger partial charge in [0.2, 0.25) is 0 Å². The van der Waals surface area contributed by atoms with Crippen molar-refractivity contribution in [1.29, 1.82) is 0 Å². The summed E-state index contributed by atoms with van der Waals surface area (Å²) < 4.78 is 0. The Kier molecular flexibility index (Phi) is 5.97.